The van der Waals surface area contributed by atoms with Crippen LogP contribution in [-0.2, 0) is 0 Å². The monoisotopic (exact) mass is 578 g/mol. The summed E-state index contributed by atoms with van der Waals surface area (Å²) in [6.07, 6.45) is 0.0923. The van der Waals surface area contributed by atoms with Crippen LogP contribution in [0.25, 0.3) is 20.8 Å². The summed E-state index contributed by atoms with van der Waals surface area (Å²) in [5, 5.41) is 37.9. The summed E-state index contributed by atoms with van der Waals surface area (Å²) >= 11 is 13.4. The van der Waals surface area contributed by atoms with Crippen LogP contribution in [0.5, 0.6) is 0 Å². The fourth-order valence-electron chi connectivity index (χ4n) is 4.53. The molecule has 0 spiro atoms. The molecule has 0 amide bonds. The predicted octanol–water partition coefficient (Wildman–Crippen LogP) is 4.40. The summed E-state index contributed by atoms with van der Waals surface area (Å²) in [7, 11) is 0. The number of nitrogens with zero attached hydrogens (tertiary/aromatic N) is 4. The quantitative estimate of drug-likeness (QED) is 0.206. The molecule has 1 saturated carbocycles. The van der Waals surface area contributed by atoms with Crippen molar-refractivity contribution in [3.63, 3.8) is 0 Å². The molecule has 4 aromatic rings. The summed E-state index contributed by atoms with van der Waals surface area (Å²) in [5.41, 5.74) is 2.28. The molecule has 1 aliphatic rings. The van der Waals surface area contributed by atoms with Gasteiger partial charge in [0.25, 0.3) is 0 Å². The van der Waals surface area contributed by atoms with Gasteiger partial charge in [-0.1, -0.05) is 29.3 Å². The first kappa shape index (κ1) is 26.9. The lowest BCUT2D eigenvalue weighted by atomic mass is 10.1. The van der Waals surface area contributed by atoms with Crippen LogP contribution in [0, 0.1) is 12.8 Å². The van der Waals surface area contributed by atoms with Gasteiger partial charge in [0.05, 0.1) is 50.9 Å². The summed E-state index contributed by atoms with van der Waals surface area (Å²) in [5.74, 6) is 0.0660. The van der Waals surface area contributed by atoms with Crippen LogP contribution in [0.3, 0.4) is 0 Å². The molecule has 1 aliphatic carbocycles. The number of benzene rings is 1. The van der Waals surface area contributed by atoms with Crippen molar-refractivity contribution >= 4 is 56.5 Å². The Bertz CT molecular complexity index is 1430. The minimum atomic E-state index is -1.40. The molecule has 38 heavy (non-hydrogen) atoms. The third-order valence-corrected chi connectivity index (χ3v) is 8.39. The summed E-state index contributed by atoms with van der Waals surface area (Å²) in [6, 6.07) is 5.87. The molecule has 2 unspecified atom stereocenters. The number of anilines is 2. The number of thiazole rings is 1. The molecule has 0 aliphatic heterocycles. The van der Waals surface area contributed by atoms with Crippen molar-refractivity contribution in [2.24, 2.45) is 5.92 Å². The third kappa shape index (κ3) is 5.40. The number of nitrogens with one attached hydrogen (secondary N) is 2. The fourth-order valence-corrected chi connectivity index (χ4v) is 5.87. The minimum absolute atomic E-state index is 0.125. The maximum Gasteiger partial charge on any atom is 0.225 e. The van der Waals surface area contributed by atoms with E-state index >= 15 is 0 Å². The van der Waals surface area contributed by atoms with E-state index in [4.69, 9.17) is 23.2 Å². The Morgan fingerprint density at radius 1 is 1.13 bits per heavy atom. The predicted molar refractivity (Wildman–Crippen MR) is 147 cm³/mol. The number of aliphatic hydroxyl groups excluding tert-OH is 3. The molecule has 5 atom stereocenters. The molecule has 0 saturated heterocycles. The average molecular weight is 579 g/mol. The Balaban J connectivity index is 1.46. The smallest absolute Gasteiger partial charge is 0.225 e. The molecule has 3 heterocycles. The number of alkyl halides is 1. The van der Waals surface area contributed by atoms with Gasteiger partial charge < -0.3 is 26.0 Å². The number of rotatable bonds is 8. The van der Waals surface area contributed by atoms with Crippen LogP contribution >= 0.6 is 34.5 Å². The van der Waals surface area contributed by atoms with Gasteiger partial charge in [-0.15, -0.1) is 11.3 Å². The minimum Gasteiger partial charge on any atom is -0.396 e. The number of hydrogen-bond donors (Lipinski definition) is 5. The largest absolute Gasteiger partial charge is 0.396 e. The SMILES string of the molecule is Cc1nc(NCC(F)c2ccc(Cl)c(Cl)c2)nc(NC2C[C@H](CO)[C@@H](O)[C@H]2O)c1-c1nc2cnccc2s1. The molecular weight excluding hydrogens is 554 g/mol. The van der Waals surface area contributed by atoms with Crippen LogP contribution in [0.2, 0.25) is 10.0 Å². The van der Waals surface area contributed by atoms with Crippen molar-refractivity contribution in [2.45, 2.75) is 37.8 Å². The molecule has 9 nitrogen and oxygen atoms in total. The fraction of sp³-hybridized carbons (Fsp3) is 0.360. The van der Waals surface area contributed by atoms with Crippen LogP contribution in [-0.4, -0.2) is 66.7 Å². The van der Waals surface area contributed by atoms with E-state index in [9.17, 15) is 19.7 Å². The number of hydrogen-bond acceptors (Lipinski definition) is 10. The van der Waals surface area contributed by atoms with E-state index in [0.29, 0.717) is 39.1 Å². The second-order valence-electron chi connectivity index (χ2n) is 9.15. The first-order valence-electron chi connectivity index (χ1n) is 11.9. The molecule has 1 fully saturated rings. The number of aromatic nitrogens is 4. The highest BCUT2D eigenvalue weighted by Crippen LogP contribution is 2.38. The van der Waals surface area contributed by atoms with Crippen molar-refractivity contribution in [2.75, 3.05) is 23.8 Å². The molecule has 5 rings (SSSR count). The zero-order valence-electron chi connectivity index (χ0n) is 20.1. The van der Waals surface area contributed by atoms with Gasteiger partial charge in [-0.05, 0) is 37.1 Å². The highest BCUT2D eigenvalue weighted by atomic mass is 35.5. The van der Waals surface area contributed by atoms with E-state index in [2.05, 4.69) is 30.6 Å². The van der Waals surface area contributed by atoms with E-state index in [1.54, 1.807) is 25.4 Å². The maximum absolute atomic E-state index is 15.0. The van der Waals surface area contributed by atoms with Crippen LogP contribution < -0.4 is 10.6 Å². The Labute approximate surface area is 231 Å². The Kier molecular flexibility index (Phi) is 7.94. The normalized spacial score (nSPS) is 22.1. The Hall–Kier alpha value is -2.67. The molecule has 200 valence electrons. The van der Waals surface area contributed by atoms with Gasteiger partial charge in [-0.2, -0.15) is 4.98 Å². The topological polar surface area (TPSA) is 136 Å². The number of fused-ring (bicyclic) bond motifs is 1. The van der Waals surface area contributed by atoms with Gasteiger partial charge in [-0.25, -0.2) is 14.4 Å². The second kappa shape index (κ2) is 11.2. The first-order valence-corrected chi connectivity index (χ1v) is 13.5. The summed E-state index contributed by atoms with van der Waals surface area (Å²) in [4.78, 5) is 17.9. The van der Waals surface area contributed by atoms with E-state index in [0.717, 1.165) is 10.2 Å². The van der Waals surface area contributed by atoms with Gasteiger partial charge in [-0.3, -0.25) is 4.98 Å². The first-order chi connectivity index (χ1) is 18.2. The van der Waals surface area contributed by atoms with Gasteiger partial charge in [0.15, 0.2) is 0 Å². The lowest BCUT2D eigenvalue weighted by molar-refractivity contribution is 0.00446. The van der Waals surface area contributed by atoms with Crippen molar-refractivity contribution in [3.05, 3.63) is 58.0 Å². The number of halogens is 3. The summed E-state index contributed by atoms with van der Waals surface area (Å²) < 4.78 is 15.9. The summed E-state index contributed by atoms with van der Waals surface area (Å²) in [6.45, 7) is 1.41. The van der Waals surface area contributed by atoms with Gasteiger partial charge in [0.2, 0.25) is 5.95 Å². The molecule has 1 aromatic carbocycles. The zero-order chi connectivity index (χ0) is 27.0. The highest BCUT2D eigenvalue weighted by molar-refractivity contribution is 7.21. The highest BCUT2D eigenvalue weighted by Gasteiger charge is 2.41. The van der Waals surface area contributed by atoms with Crippen LogP contribution in [0.4, 0.5) is 16.2 Å². The van der Waals surface area contributed by atoms with Crippen molar-refractivity contribution < 1.29 is 19.7 Å². The van der Waals surface area contributed by atoms with E-state index in [1.165, 1.54) is 23.5 Å². The van der Waals surface area contributed by atoms with E-state index < -0.39 is 30.3 Å². The van der Waals surface area contributed by atoms with Crippen LogP contribution in [0.1, 0.15) is 23.8 Å². The lowest BCUT2D eigenvalue weighted by Crippen LogP contribution is -2.35. The van der Waals surface area contributed by atoms with Gasteiger partial charge in [0, 0.05) is 18.7 Å². The number of aliphatic hydroxyl groups is 3. The molecular formula is C25H25Cl2FN6O3S. The van der Waals surface area contributed by atoms with Gasteiger partial charge in [0.1, 0.15) is 28.6 Å². The Morgan fingerprint density at radius 2 is 1.95 bits per heavy atom. The van der Waals surface area contributed by atoms with Crippen molar-refractivity contribution in [3.8, 4) is 10.6 Å². The van der Waals surface area contributed by atoms with E-state index in [1.807, 2.05) is 6.07 Å². The zero-order valence-corrected chi connectivity index (χ0v) is 22.5. The standard InChI is InChI=1S/C25H25Cl2FN6O3S/c1-11-20(24-33-18-9-29-5-4-19(18)38-24)23(32-17-7-13(10-35)21(36)22(17)37)34-25(31-11)30-8-16(28)12-2-3-14(26)15(27)6-12/h2-6,9,13,16-17,21-22,35-37H,7-8,10H2,1H3,(H2,30,31,32,34)/t13-,16?,17?,21-,22+/m1/s1. The molecule has 0 bridgehead atoms. The number of pyridine rings is 1. The van der Waals surface area contributed by atoms with Crippen LogP contribution in [0.15, 0.2) is 36.7 Å². The molecule has 0 radical (unpaired) electrons. The molecule has 13 heteroatoms. The molecule has 3 aromatic heterocycles. The Morgan fingerprint density at radius 3 is 2.66 bits per heavy atom. The maximum atomic E-state index is 15.0. The third-order valence-electron chi connectivity index (χ3n) is 6.60. The second-order valence-corrected chi connectivity index (χ2v) is 11.0. The van der Waals surface area contributed by atoms with Crippen molar-refractivity contribution in [1.82, 2.24) is 19.9 Å². The van der Waals surface area contributed by atoms with Gasteiger partial charge >= 0.3 is 0 Å². The molecule has 5 N–H and O–H groups in total. The number of aryl methyl sites for hydroxylation is 1. The average Bonchev–Trinajstić information content (AvgIpc) is 3.44. The van der Waals surface area contributed by atoms with E-state index in [-0.39, 0.29) is 24.1 Å². The lowest BCUT2D eigenvalue weighted by Gasteiger charge is -2.21. The van der Waals surface area contributed by atoms with Crippen molar-refractivity contribution in [1.29, 1.82) is 0 Å².